The molecule has 24 aromatic rings. The summed E-state index contributed by atoms with van der Waals surface area (Å²) in [6, 6.07) is 112. The monoisotopic (exact) mass is 2050 g/mol. The zero-order chi connectivity index (χ0) is 103. The van der Waals surface area contributed by atoms with Gasteiger partial charge in [0.05, 0.1) is 7.11 Å². The van der Waals surface area contributed by atoms with Gasteiger partial charge in [-0.3, -0.25) is 0 Å². The molecule has 0 bridgehead atoms. The molecule has 0 aliphatic rings. The van der Waals surface area contributed by atoms with Gasteiger partial charge in [-0.2, -0.15) is 0 Å². The van der Waals surface area contributed by atoms with Crippen molar-refractivity contribution in [3.05, 3.63) is 508 Å². The molecule has 0 saturated heterocycles. The third-order valence-electron chi connectivity index (χ3n) is 24.7. The number of hydrogen-bond donors (Lipinski definition) is 0. The molecule has 0 amide bonds. The summed E-state index contributed by atoms with van der Waals surface area (Å²) in [5.74, 6) is 6.75. The van der Waals surface area contributed by atoms with E-state index in [1.807, 2.05) is 249 Å². The Labute approximate surface area is 858 Å². The normalized spacial score (nSPS) is 11.1. The predicted molar refractivity (Wildman–Crippen MR) is 581 cm³/mol. The molecule has 24 heteroatoms. The van der Waals surface area contributed by atoms with E-state index in [1.165, 1.54) is 57.9 Å². The van der Waals surface area contributed by atoms with Crippen LogP contribution in [0.25, 0.3) is 120 Å². The number of halogens is 2. The van der Waals surface area contributed by atoms with Gasteiger partial charge in [0.2, 0.25) is 0 Å². The number of rotatable bonds is 20. The molecule has 22 nitrogen and oxygen atoms in total. The predicted octanol–water partition coefficient (Wildman–Crippen LogP) is 29.9. The van der Waals surface area contributed by atoms with E-state index < -0.39 is 0 Å². The fourth-order valence-electron chi connectivity index (χ4n) is 17.4. The molecule has 0 atom stereocenters. The molecule has 15 aromatic carbocycles. The van der Waals surface area contributed by atoms with Crippen LogP contribution >= 0.6 is 27.5 Å². The second-order valence-electron chi connectivity index (χ2n) is 35.4. The Hall–Kier alpha value is -17.9. The molecule has 9 heterocycles. The maximum Gasteiger partial charge on any atom is 0.336 e. The molecule has 0 spiro atoms. The molecule has 0 saturated carbocycles. The number of ether oxygens (including phenoxy) is 7. The van der Waals surface area contributed by atoms with Crippen molar-refractivity contribution in [2.45, 2.75) is 87.6 Å². The summed E-state index contributed by atoms with van der Waals surface area (Å²) in [6.45, 7) is 15.1. The fraction of sp³-hybridized carbons (Fsp3) is 0.113. The quantitative estimate of drug-likeness (QED) is 0.0641. The summed E-state index contributed by atoms with van der Waals surface area (Å²) in [7, 11) is 1.62. The molecule has 0 unspecified atom stereocenters. The summed E-state index contributed by atoms with van der Waals surface area (Å²) in [5.41, 5.74) is 14.2. The molecular formula is C124H94BrClO22. The topological polar surface area (TPSA) is 285 Å². The van der Waals surface area contributed by atoms with Crippen molar-refractivity contribution >= 4 is 148 Å². The standard InChI is InChI=1S/C23H18O3.C21H18O5.2C21H16O3.C19H13BrO4.C19H13ClO4/c1-16-14-22(24)26-21-13-12-19(15-20(16)21)25-23(17-8-4-2-5-9-17)18-10-6-3-7-11-18;1-12-6-14-9-16(25-21(14)19(7-12)23-3)11-24-15-4-5-17-13(2)8-20(22)26-18(17)10-15;1-14-11-21(22)24-20-12-17(9-10-18(14)20)23-13-16-7-4-6-15-5-2-3-8-19(15)16;1-14-10-21(22)24-20-12-18(8-9-19(14)20)23-13-15-6-7-16-4-2-3-5-17(16)11-15;2*1-11-6-19(21)24-18-9-14(3-4-16(11)18)22-10-15-8-12-7-13(20)2-5-17(12)23-15/h2-15,23H,1H3;4-10H,11H2,1-3H3;2*2-12H,13H2,1H3;2*2-9H,10H2,1H3. The number of aryl methyl sites for hydroxylation is 7. The highest BCUT2D eigenvalue weighted by atomic mass is 79.9. The molecule has 0 N–H and O–H groups in total. The number of hydrogen-bond acceptors (Lipinski definition) is 22. The smallest absolute Gasteiger partial charge is 0.336 e. The molecule has 24 rings (SSSR count). The fourth-order valence-corrected chi connectivity index (χ4v) is 18.0. The molecule has 0 fully saturated rings. The Morgan fingerprint density at radius 2 is 0.649 bits per heavy atom. The van der Waals surface area contributed by atoms with Gasteiger partial charge in [0, 0.05) is 125 Å². The number of benzene rings is 15. The van der Waals surface area contributed by atoms with Gasteiger partial charge in [-0.05, 0) is 283 Å². The summed E-state index contributed by atoms with van der Waals surface area (Å²) >= 11 is 9.42. The molecule has 148 heavy (non-hydrogen) atoms. The second-order valence-corrected chi connectivity index (χ2v) is 36.8. The van der Waals surface area contributed by atoms with Gasteiger partial charge in [0.25, 0.3) is 0 Å². The van der Waals surface area contributed by atoms with E-state index in [4.69, 9.17) is 84.5 Å². The van der Waals surface area contributed by atoms with Crippen LogP contribution in [0.15, 0.2) is 431 Å². The first kappa shape index (κ1) is 98.8. The van der Waals surface area contributed by atoms with Crippen LogP contribution in [0.1, 0.15) is 84.6 Å². The highest BCUT2D eigenvalue weighted by Gasteiger charge is 2.20. The molecule has 9 aromatic heterocycles. The Bertz CT molecular complexity index is 9220. The molecule has 0 aliphatic heterocycles. The van der Waals surface area contributed by atoms with Gasteiger partial charge >= 0.3 is 33.8 Å². The molecule has 0 aliphatic carbocycles. The van der Waals surface area contributed by atoms with Crippen molar-refractivity contribution in [1.82, 2.24) is 0 Å². The van der Waals surface area contributed by atoms with Crippen LogP contribution in [0.3, 0.4) is 0 Å². The average molecular weight is 2050 g/mol. The van der Waals surface area contributed by atoms with Crippen LogP contribution in [0, 0.1) is 48.5 Å². The maximum atomic E-state index is 11.5. The van der Waals surface area contributed by atoms with Gasteiger partial charge < -0.3 is 72.9 Å². The van der Waals surface area contributed by atoms with E-state index >= 15 is 0 Å². The summed E-state index contributed by atoms with van der Waals surface area (Å²) in [4.78, 5) is 69.1. The summed E-state index contributed by atoms with van der Waals surface area (Å²) in [6.07, 6.45) is -0.217. The lowest BCUT2D eigenvalue weighted by molar-refractivity contribution is 0.247. The maximum absolute atomic E-state index is 11.5. The first-order chi connectivity index (χ1) is 71.8. The van der Waals surface area contributed by atoms with E-state index in [2.05, 4.69) is 94.8 Å². The van der Waals surface area contributed by atoms with Gasteiger partial charge in [-0.1, -0.05) is 167 Å². The Kier molecular flexibility index (Phi) is 29.7. The molecular weight excluding hydrogens is 1960 g/mol. The van der Waals surface area contributed by atoms with Crippen LogP contribution < -0.4 is 66.9 Å². The molecule has 736 valence electrons. The number of methoxy groups -OCH3 is 1. The van der Waals surface area contributed by atoms with Crippen molar-refractivity contribution in [1.29, 1.82) is 0 Å². The second kappa shape index (κ2) is 44.5. The van der Waals surface area contributed by atoms with Gasteiger partial charge in [0.1, 0.15) is 136 Å². The van der Waals surface area contributed by atoms with Crippen molar-refractivity contribution in [3.8, 4) is 40.2 Å². The highest BCUT2D eigenvalue weighted by Crippen LogP contribution is 2.37. The zero-order valence-electron chi connectivity index (χ0n) is 81.4. The largest absolute Gasteiger partial charge is 0.493 e. The first-order valence-electron chi connectivity index (χ1n) is 47.4. The van der Waals surface area contributed by atoms with E-state index in [1.54, 1.807) is 49.6 Å². The van der Waals surface area contributed by atoms with Crippen LogP contribution in [0.5, 0.6) is 40.2 Å². The Balaban J connectivity index is 0.000000112. The van der Waals surface area contributed by atoms with E-state index in [0.29, 0.717) is 110 Å². The Morgan fingerprint density at radius 1 is 0.264 bits per heavy atom. The lowest BCUT2D eigenvalue weighted by atomic mass is 10.0. The van der Waals surface area contributed by atoms with Crippen LogP contribution in [-0.4, -0.2) is 7.11 Å². The summed E-state index contributed by atoms with van der Waals surface area (Å²) < 4.78 is 90.7. The minimum atomic E-state index is -0.369. The van der Waals surface area contributed by atoms with Crippen molar-refractivity contribution in [3.63, 3.8) is 0 Å². The zero-order valence-corrected chi connectivity index (χ0v) is 83.8. The Morgan fingerprint density at radius 3 is 1.13 bits per heavy atom. The van der Waals surface area contributed by atoms with Crippen LogP contribution in [0.2, 0.25) is 5.02 Å². The van der Waals surface area contributed by atoms with Crippen LogP contribution in [0.4, 0.5) is 0 Å². The van der Waals surface area contributed by atoms with Gasteiger partial charge in [-0.25, -0.2) is 28.8 Å². The van der Waals surface area contributed by atoms with Crippen molar-refractivity contribution in [2.75, 3.05) is 7.11 Å². The number of fused-ring (bicyclic) bond motifs is 11. The highest BCUT2D eigenvalue weighted by molar-refractivity contribution is 9.10. The lowest BCUT2D eigenvalue weighted by Crippen LogP contribution is -2.09. The summed E-state index contributed by atoms with van der Waals surface area (Å²) in [5, 5.41) is 13.8. The average Bonchev–Trinajstić information content (AvgIpc) is 1.77. The third-order valence-corrected chi connectivity index (χ3v) is 25.4. The van der Waals surface area contributed by atoms with E-state index in [9.17, 15) is 28.8 Å². The molecule has 0 radical (unpaired) electrons. The van der Waals surface area contributed by atoms with Crippen molar-refractivity contribution < 1.29 is 72.9 Å². The minimum Gasteiger partial charge on any atom is -0.493 e. The SMILES string of the molecule is COc1cc(C)cc2cc(COc3ccc4c(C)cc(=O)oc4c3)oc12.Cc1cc(=O)oc2cc(OCc3cc4cc(Br)ccc4o3)ccc12.Cc1cc(=O)oc2cc(OCc3cc4cc(Cl)ccc4o3)ccc12.Cc1cc(=O)oc2cc(OCc3ccc4ccccc4c3)ccc12.Cc1cc(=O)oc2cc(OCc3cccc4ccccc34)ccc12.Cc1cc(=O)oc2ccc(OC(c3ccccc3)c3ccccc3)cc12. The first-order valence-corrected chi connectivity index (χ1v) is 48.5. The minimum absolute atomic E-state index is 0.217. The lowest BCUT2D eigenvalue weighted by Gasteiger charge is -2.20. The van der Waals surface area contributed by atoms with Crippen LogP contribution in [-0.2, 0) is 33.0 Å². The van der Waals surface area contributed by atoms with E-state index in [-0.39, 0.29) is 53.1 Å². The third kappa shape index (κ3) is 23.9. The van der Waals surface area contributed by atoms with Gasteiger partial charge in [0.15, 0.2) is 11.3 Å². The van der Waals surface area contributed by atoms with Crippen molar-refractivity contribution in [2.24, 2.45) is 0 Å². The number of furan rings is 3. The van der Waals surface area contributed by atoms with E-state index in [0.717, 1.165) is 137 Å². The van der Waals surface area contributed by atoms with Gasteiger partial charge in [-0.15, -0.1) is 0 Å².